The third-order valence-corrected chi connectivity index (χ3v) is 6.86. The second kappa shape index (κ2) is 10.4. The van der Waals surface area contributed by atoms with Gasteiger partial charge in [0.2, 0.25) is 11.8 Å². The fourth-order valence-corrected chi connectivity index (χ4v) is 5.15. The molecular formula is C23H31ClN6O2. The van der Waals surface area contributed by atoms with E-state index < -0.39 is 12.1 Å². The van der Waals surface area contributed by atoms with Crippen LogP contribution in [0.25, 0.3) is 5.69 Å². The lowest BCUT2D eigenvalue weighted by Crippen LogP contribution is -2.51. The van der Waals surface area contributed by atoms with Gasteiger partial charge in [-0.15, -0.1) is 0 Å². The molecule has 2 amide bonds. The van der Waals surface area contributed by atoms with E-state index in [-0.39, 0.29) is 18.4 Å². The van der Waals surface area contributed by atoms with Gasteiger partial charge in [0.25, 0.3) is 0 Å². The van der Waals surface area contributed by atoms with E-state index in [0.717, 1.165) is 30.5 Å². The highest BCUT2D eigenvalue weighted by atomic mass is 35.5. The minimum Gasteiger partial charge on any atom is -0.350 e. The number of nitrogens with one attached hydrogen (secondary N) is 1. The summed E-state index contributed by atoms with van der Waals surface area (Å²) in [5.41, 5.74) is 7.91. The van der Waals surface area contributed by atoms with E-state index in [0.29, 0.717) is 30.3 Å². The lowest BCUT2D eigenvalue weighted by atomic mass is 9.84. The molecule has 0 radical (unpaired) electrons. The number of hydrogen-bond donors (Lipinski definition) is 2. The monoisotopic (exact) mass is 458 g/mol. The van der Waals surface area contributed by atoms with Crippen LogP contribution in [0.1, 0.15) is 56.9 Å². The van der Waals surface area contributed by atoms with Crippen LogP contribution in [0.3, 0.4) is 0 Å². The minimum atomic E-state index is -0.529. The Kier molecular flexibility index (Phi) is 7.42. The average molecular weight is 459 g/mol. The fourth-order valence-electron chi connectivity index (χ4n) is 4.95. The predicted octanol–water partition coefficient (Wildman–Crippen LogP) is 2.83. The minimum absolute atomic E-state index is 0.0979. The molecule has 32 heavy (non-hydrogen) atoms. The van der Waals surface area contributed by atoms with E-state index in [1.807, 2.05) is 6.07 Å². The molecule has 1 aromatic heterocycles. The molecule has 1 aliphatic carbocycles. The molecule has 0 bridgehead atoms. The summed E-state index contributed by atoms with van der Waals surface area (Å²) >= 11 is 6.18. The first-order chi connectivity index (χ1) is 15.5. The Hall–Kier alpha value is -2.45. The van der Waals surface area contributed by atoms with Gasteiger partial charge in [-0.05, 0) is 48.9 Å². The maximum absolute atomic E-state index is 13.0. The van der Waals surface area contributed by atoms with E-state index in [1.54, 1.807) is 28.0 Å². The molecule has 2 aliphatic rings. The van der Waals surface area contributed by atoms with Gasteiger partial charge >= 0.3 is 0 Å². The number of carbonyl (C=O) groups excluding carboxylic acids is 2. The summed E-state index contributed by atoms with van der Waals surface area (Å²) in [6.07, 6.45) is 11.3. The van der Waals surface area contributed by atoms with Crippen LogP contribution >= 0.6 is 11.6 Å². The Balaban J connectivity index is 1.38. The van der Waals surface area contributed by atoms with E-state index in [4.69, 9.17) is 17.3 Å². The number of hydrogen-bond acceptors (Lipinski definition) is 5. The number of halogens is 1. The summed E-state index contributed by atoms with van der Waals surface area (Å²) < 4.78 is 1.63. The number of rotatable bonds is 7. The molecule has 8 nitrogen and oxygen atoms in total. The van der Waals surface area contributed by atoms with Crippen molar-refractivity contribution in [1.82, 2.24) is 25.0 Å². The fraction of sp³-hybridized carbons (Fsp3) is 0.565. The third-order valence-electron chi connectivity index (χ3n) is 6.63. The number of amides is 2. The molecular weight excluding hydrogens is 428 g/mol. The van der Waals surface area contributed by atoms with Gasteiger partial charge < -0.3 is 16.0 Å². The zero-order valence-corrected chi connectivity index (χ0v) is 19.0. The van der Waals surface area contributed by atoms with E-state index in [1.165, 1.54) is 25.6 Å². The van der Waals surface area contributed by atoms with Gasteiger partial charge in [0.15, 0.2) is 0 Å². The highest BCUT2D eigenvalue weighted by Crippen LogP contribution is 2.28. The number of carbonyl (C=O) groups is 2. The molecule has 4 rings (SSSR count). The maximum Gasteiger partial charge on any atom is 0.243 e. The van der Waals surface area contributed by atoms with Gasteiger partial charge in [0, 0.05) is 18.1 Å². The van der Waals surface area contributed by atoms with Crippen LogP contribution in [-0.2, 0) is 16.1 Å². The molecule has 172 valence electrons. The largest absolute Gasteiger partial charge is 0.350 e. The lowest BCUT2D eigenvalue weighted by Gasteiger charge is -2.29. The summed E-state index contributed by atoms with van der Waals surface area (Å²) in [6, 6.07) is 4.41. The summed E-state index contributed by atoms with van der Waals surface area (Å²) in [7, 11) is 0. The van der Waals surface area contributed by atoms with Crippen molar-refractivity contribution < 1.29 is 9.59 Å². The molecule has 9 heteroatoms. The van der Waals surface area contributed by atoms with Crippen LogP contribution in [0.2, 0.25) is 5.02 Å². The summed E-state index contributed by atoms with van der Waals surface area (Å²) in [5.74, 6) is 0.264. The average Bonchev–Trinajstić information content (AvgIpc) is 3.50. The van der Waals surface area contributed by atoms with Crippen molar-refractivity contribution in [2.75, 3.05) is 6.54 Å². The highest BCUT2D eigenvalue weighted by Gasteiger charge is 2.36. The van der Waals surface area contributed by atoms with Gasteiger partial charge in [-0.2, -0.15) is 5.10 Å². The molecule has 3 N–H and O–H groups in total. The zero-order valence-electron chi connectivity index (χ0n) is 18.3. The predicted molar refractivity (Wildman–Crippen MR) is 122 cm³/mol. The summed E-state index contributed by atoms with van der Waals surface area (Å²) in [6.45, 7) is 0.859. The lowest BCUT2D eigenvalue weighted by molar-refractivity contribution is -0.139. The van der Waals surface area contributed by atoms with Crippen molar-refractivity contribution in [1.29, 1.82) is 0 Å². The van der Waals surface area contributed by atoms with Gasteiger partial charge in [0.1, 0.15) is 18.7 Å². The summed E-state index contributed by atoms with van der Waals surface area (Å²) in [4.78, 5) is 31.7. The second-order valence-electron chi connectivity index (χ2n) is 8.87. The standard InChI is InChI=1S/C23H31ClN6O2/c24-18-8-9-20(30-15-26-14-28-30)17(12-18)13-27-22(31)21-7-4-10-29(21)23(32)19(25)11-16-5-2-1-3-6-16/h8-9,12,14-16,19,21H,1-7,10-11,13,25H2,(H,27,31)/t19?,21-/m0/s1. The Morgan fingerprint density at radius 1 is 1.19 bits per heavy atom. The molecule has 1 aromatic carbocycles. The molecule has 2 fully saturated rings. The Labute approximate surface area is 193 Å². The topological polar surface area (TPSA) is 106 Å². The van der Waals surface area contributed by atoms with Crippen LogP contribution in [0.4, 0.5) is 0 Å². The summed E-state index contributed by atoms with van der Waals surface area (Å²) in [5, 5.41) is 7.72. The van der Waals surface area contributed by atoms with E-state index >= 15 is 0 Å². The van der Waals surface area contributed by atoms with Crippen molar-refractivity contribution in [3.8, 4) is 5.69 Å². The number of benzene rings is 1. The van der Waals surface area contributed by atoms with E-state index in [2.05, 4.69) is 15.4 Å². The van der Waals surface area contributed by atoms with Gasteiger partial charge in [-0.1, -0.05) is 43.7 Å². The Bertz CT molecular complexity index is 929. The highest BCUT2D eigenvalue weighted by molar-refractivity contribution is 6.30. The van der Waals surface area contributed by atoms with Crippen LogP contribution in [0.5, 0.6) is 0 Å². The zero-order chi connectivity index (χ0) is 22.5. The molecule has 2 atom stereocenters. The number of nitrogens with two attached hydrogens (primary N) is 1. The first kappa shape index (κ1) is 22.7. The normalized spacial score (nSPS) is 20.3. The first-order valence-corrected chi connectivity index (χ1v) is 11.9. The smallest absolute Gasteiger partial charge is 0.243 e. The molecule has 1 aliphatic heterocycles. The van der Waals surface area contributed by atoms with Gasteiger partial charge in [0.05, 0.1) is 11.7 Å². The van der Waals surface area contributed by atoms with Crippen molar-refractivity contribution in [2.45, 2.75) is 70.0 Å². The molecule has 1 saturated carbocycles. The molecule has 1 unspecified atom stereocenters. The van der Waals surface area contributed by atoms with E-state index in [9.17, 15) is 9.59 Å². The molecule has 2 heterocycles. The first-order valence-electron chi connectivity index (χ1n) is 11.5. The Morgan fingerprint density at radius 3 is 2.75 bits per heavy atom. The molecule has 0 spiro atoms. The van der Waals surface area contributed by atoms with Crippen molar-refractivity contribution in [3.63, 3.8) is 0 Å². The second-order valence-corrected chi connectivity index (χ2v) is 9.30. The Morgan fingerprint density at radius 2 is 2.00 bits per heavy atom. The van der Waals surface area contributed by atoms with Gasteiger partial charge in [-0.3, -0.25) is 9.59 Å². The van der Waals surface area contributed by atoms with Crippen LogP contribution in [0, 0.1) is 5.92 Å². The van der Waals surface area contributed by atoms with Crippen LogP contribution in [0.15, 0.2) is 30.9 Å². The number of nitrogens with zero attached hydrogens (tertiary/aromatic N) is 4. The quantitative estimate of drug-likeness (QED) is 0.663. The third kappa shape index (κ3) is 5.30. The maximum atomic E-state index is 13.0. The SMILES string of the molecule is NC(CC1CCCCC1)C(=O)N1CCC[C@H]1C(=O)NCc1cc(Cl)ccc1-n1cncn1. The van der Waals surface area contributed by atoms with Crippen LogP contribution in [-0.4, -0.2) is 50.1 Å². The van der Waals surface area contributed by atoms with Gasteiger partial charge in [-0.25, -0.2) is 9.67 Å². The molecule has 2 aromatic rings. The number of likely N-dealkylation sites (tertiary alicyclic amines) is 1. The number of aromatic nitrogens is 3. The van der Waals surface area contributed by atoms with Crippen LogP contribution < -0.4 is 11.1 Å². The van der Waals surface area contributed by atoms with Crippen molar-refractivity contribution in [3.05, 3.63) is 41.4 Å². The van der Waals surface area contributed by atoms with Crippen molar-refractivity contribution >= 4 is 23.4 Å². The van der Waals surface area contributed by atoms with Crippen molar-refractivity contribution in [2.24, 2.45) is 11.7 Å². The molecule has 1 saturated heterocycles.